The normalized spacial score (nSPS) is 21.6. The van der Waals surface area contributed by atoms with Gasteiger partial charge in [0, 0.05) is 5.69 Å². The molecule has 0 aliphatic heterocycles. The van der Waals surface area contributed by atoms with Crippen molar-refractivity contribution in [3.05, 3.63) is 41.0 Å². The summed E-state index contributed by atoms with van der Waals surface area (Å²) in [4.78, 5) is 23.8. The Morgan fingerprint density at radius 3 is 2.29 bits per heavy atom. The third-order valence-corrected chi connectivity index (χ3v) is 3.89. The number of carboxylic acids is 1. The smallest absolute Gasteiger partial charge is 0.307 e. The number of amides is 1. The van der Waals surface area contributed by atoms with Crippen molar-refractivity contribution >= 4 is 17.6 Å². The Kier molecular flexibility index (Phi) is 4.46. The maximum Gasteiger partial charge on any atom is 0.307 e. The van der Waals surface area contributed by atoms with E-state index in [1.54, 1.807) is 0 Å². The van der Waals surface area contributed by atoms with Crippen LogP contribution in [0.4, 0.5) is 5.69 Å². The predicted molar refractivity (Wildman–Crippen MR) is 82.2 cm³/mol. The molecule has 0 fully saturated rings. The molecule has 1 aromatic rings. The van der Waals surface area contributed by atoms with E-state index in [-0.39, 0.29) is 5.91 Å². The van der Waals surface area contributed by atoms with Gasteiger partial charge in [-0.15, -0.1) is 0 Å². The van der Waals surface area contributed by atoms with Crippen molar-refractivity contribution in [2.45, 2.75) is 33.6 Å². The highest BCUT2D eigenvalue weighted by Crippen LogP contribution is 2.31. The van der Waals surface area contributed by atoms with Crippen molar-refractivity contribution in [2.24, 2.45) is 11.8 Å². The van der Waals surface area contributed by atoms with E-state index >= 15 is 0 Å². The molecule has 1 amide bonds. The standard InChI is InChI=1S/C17H21NO3/c1-10-4-5-14(15(9-10)17(20)21)16(19)18-13-7-11(2)6-12(3)8-13/h4,6-8,14-15H,5,9H2,1-3H3,(H,18,19)(H,20,21). The molecular weight excluding hydrogens is 266 g/mol. The van der Waals surface area contributed by atoms with E-state index in [1.807, 2.05) is 45.0 Å². The molecule has 1 aromatic carbocycles. The fourth-order valence-corrected chi connectivity index (χ4v) is 2.90. The summed E-state index contributed by atoms with van der Waals surface area (Å²) in [6.07, 6.45) is 2.89. The number of allylic oxidation sites excluding steroid dienone is 2. The third-order valence-electron chi connectivity index (χ3n) is 3.89. The van der Waals surface area contributed by atoms with Gasteiger partial charge in [0.05, 0.1) is 11.8 Å². The Balaban J connectivity index is 2.16. The molecule has 112 valence electrons. The monoisotopic (exact) mass is 287 g/mol. The van der Waals surface area contributed by atoms with Gasteiger partial charge >= 0.3 is 5.97 Å². The lowest BCUT2D eigenvalue weighted by Crippen LogP contribution is -2.35. The van der Waals surface area contributed by atoms with Gasteiger partial charge in [0.15, 0.2) is 0 Å². The third kappa shape index (κ3) is 3.72. The van der Waals surface area contributed by atoms with E-state index in [9.17, 15) is 14.7 Å². The lowest BCUT2D eigenvalue weighted by atomic mass is 9.79. The van der Waals surface area contributed by atoms with Crippen molar-refractivity contribution < 1.29 is 14.7 Å². The number of carbonyl (C=O) groups is 2. The van der Waals surface area contributed by atoms with E-state index < -0.39 is 17.8 Å². The molecule has 21 heavy (non-hydrogen) atoms. The Morgan fingerprint density at radius 2 is 1.71 bits per heavy atom. The van der Waals surface area contributed by atoms with Gasteiger partial charge in [-0.05, 0) is 56.9 Å². The average Bonchev–Trinajstić information content (AvgIpc) is 2.36. The molecule has 2 N–H and O–H groups in total. The van der Waals surface area contributed by atoms with Crippen LogP contribution >= 0.6 is 0 Å². The van der Waals surface area contributed by atoms with Crippen LogP contribution in [0.2, 0.25) is 0 Å². The summed E-state index contributed by atoms with van der Waals surface area (Å²) in [7, 11) is 0. The zero-order valence-corrected chi connectivity index (χ0v) is 12.6. The molecule has 0 bridgehead atoms. The molecule has 0 spiro atoms. The minimum atomic E-state index is -0.900. The number of anilines is 1. The summed E-state index contributed by atoms with van der Waals surface area (Å²) in [6, 6.07) is 5.82. The number of benzene rings is 1. The molecule has 0 heterocycles. The Labute approximate surface area is 124 Å². The molecule has 2 rings (SSSR count). The van der Waals surface area contributed by atoms with Crippen LogP contribution in [0.3, 0.4) is 0 Å². The number of aliphatic carboxylic acids is 1. The van der Waals surface area contributed by atoms with Gasteiger partial charge in [-0.3, -0.25) is 9.59 Å². The number of nitrogens with one attached hydrogen (secondary N) is 1. The fourth-order valence-electron chi connectivity index (χ4n) is 2.90. The maximum absolute atomic E-state index is 12.4. The summed E-state index contributed by atoms with van der Waals surface area (Å²) >= 11 is 0. The summed E-state index contributed by atoms with van der Waals surface area (Å²) in [6.45, 7) is 5.85. The Hall–Kier alpha value is -2.10. The van der Waals surface area contributed by atoms with E-state index in [1.165, 1.54) is 0 Å². The minimum Gasteiger partial charge on any atom is -0.481 e. The van der Waals surface area contributed by atoms with Crippen molar-refractivity contribution in [1.29, 1.82) is 0 Å². The average molecular weight is 287 g/mol. The van der Waals surface area contributed by atoms with Crippen molar-refractivity contribution in [3.63, 3.8) is 0 Å². The lowest BCUT2D eigenvalue weighted by molar-refractivity contribution is -0.146. The zero-order chi connectivity index (χ0) is 15.6. The molecule has 2 atom stereocenters. The van der Waals surface area contributed by atoms with Crippen LogP contribution < -0.4 is 5.32 Å². The van der Waals surface area contributed by atoms with Gasteiger partial charge < -0.3 is 10.4 Å². The summed E-state index contributed by atoms with van der Waals surface area (Å²) in [5.41, 5.74) is 3.91. The predicted octanol–water partition coefficient (Wildman–Crippen LogP) is 3.30. The molecule has 0 saturated heterocycles. The second-order valence-electron chi connectivity index (χ2n) is 5.91. The van der Waals surface area contributed by atoms with Crippen LogP contribution in [-0.4, -0.2) is 17.0 Å². The molecule has 0 aromatic heterocycles. The van der Waals surface area contributed by atoms with Crippen molar-refractivity contribution in [1.82, 2.24) is 0 Å². The van der Waals surface area contributed by atoms with Gasteiger partial charge in [0.1, 0.15) is 0 Å². The Bertz CT molecular complexity index is 584. The second kappa shape index (κ2) is 6.12. The maximum atomic E-state index is 12.4. The highest BCUT2D eigenvalue weighted by molar-refractivity contribution is 5.95. The van der Waals surface area contributed by atoms with E-state index in [2.05, 4.69) is 5.32 Å². The first-order valence-electron chi connectivity index (χ1n) is 7.14. The van der Waals surface area contributed by atoms with E-state index in [4.69, 9.17) is 0 Å². The minimum absolute atomic E-state index is 0.212. The first kappa shape index (κ1) is 15.3. The molecule has 4 heteroatoms. The van der Waals surface area contributed by atoms with Crippen LogP contribution in [0.5, 0.6) is 0 Å². The zero-order valence-electron chi connectivity index (χ0n) is 12.6. The van der Waals surface area contributed by atoms with Crippen molar-refractivity contribution in [3.8, 4) is 0 Å². The number of carboxylic acid groups (broad SMARTS) is 1. The summed E-state index contributed by atoms with van der Waals surface area (Å²) in [5, 5.41) is 12.2. The van der Waals surface area contributed by atoms with Gasteiger partial charge in [0.25, 0.3) is 0 Å². The first-order chi connectivity index (χ1) is 9.86. The van der Waals surface area contributed by atoms with Crippen LogP contribution in [0, 0.1) is 25.7 Å². The first-order valence-corrected chi connectivity index (χ1v) is 7.14. The summed E-state index contributed by atoms with van der Waals surface area (Å²) in [5.74, 6) is -2.26. The molecule has 0 saturated carbocycles. The van der Waals surface area contributed by atoms with Gasteiger partial charge in [0.2, 0.25) is 5.91 Å². The molecular formula is C17H21NO3. The molecule has 1 aliphatic rings. The second-order valence-corrected chi connectivity index (χ2v) is 5.91. The molecule has 2 unspecified atom stereocenters. The van der Waals surface area contributed by atoms with Gasteiger partial charge in [-0.2, -0.15) is 0 Å². The van der Waals surface area contributed by atoms with Gasteiger partial charge in [-0.1, -0.05) is 17.7 Å². The number of hydrogen-bond acceptors (Lipinski definition) is 2. The molecule has 4 nitrogen and oxygen atoms in total. The van der Waals surface area contributed by atoms with E-state index in [0.29, 0.717) is 12.8 Å². The number of aryl methyl sites for hydroxylation is 2. The highest BCUT2D eigenvalue weighted by Gasteiger charge is 2.35. The van der Waals surface area contributed by atoms with Crippen LogP contribution in [0.15, 0.2) is 29.8 Å². The van der Waals surface area contributed by atoms with Gasteiger partial charge in [-0.25, -0.2) is 0 Å². The molecule has 0 radical (unpaired) electrons. The fraction of sp³-hybridized carbons (Fsp3) is 0.412. The highest BCUT2D eigenvalue weighted by atomic mass is 16.4. The van der Waals surface area contributed by atoms with Crippen LogP contribution in [0.1, 0.15) is 30.9 Å². The number of rotatable bonds is 3. The SMILES string of the molecule is CC1=CCC(C(=O)Nc2cc(C)cc(C)c2)C(C(=O)O)C1. The number of carbonyl (C=O) groups excluding carboxylic acids is 1. The quantitative estimate of drug-likeness (QED) is 0.838. The van der Waals surface area contributed by atoms with E-state index in [0.717, 1.165) is 22.4 Å². The largest absolute Gasteiger partial charge is 0.481 e. The van der Waals surface area contributed by atoms with Crippen molar-refractivity contribution in [2.75, 3.05) is 5.32 Å². The van der Waals surface area contributed by atoms with Crippen LogP contribution in [-0.2, 0) is 9.59 Å². The summed E-state index contributed by atoms with van der Waals surface area (Å²) < 4.78 is 0. The topological polar surface area (TPSA) is 66.4 Å². The Morgan fingerprint density at radius 1 is 1.10 bits per heavy atom. The number of hydrogen-bond donors (Lipinski definition) is 2. The molecule has 1 aliphatic carbocycles. The lowest BCUT2D eigenvalue weighted by Gasteiger charge is -2.26. The van der Waals surface area contributed by atoms with Crippen LogP contribution in [0.25, 0.3) is 0 Å².